The van der Waals surface area contributed by atoms with Crippen LogP contribution in [-0.4, -0.2) is 71.6 Å². The van der Waals surface area contributed by atoms with Crippen LogP contribution in [0.4, 0.5) is 28.9 Å². The molecule has 216 valence electrons. The number of para-hydroxylation sites is 1. The third-order valence-electron chi connectivity index (χ3n) is 7.81. The largest absolute Gasteiger partial charge is 0.425 e. The number of alkyl halides is 3. The number of likely N-dealkylation sites (N-methyl/N-ethyl adjacent to an activating group) is 1. The van der Waals surface area contributed by atoms with Crippen molar-refractivity contribution in [1.82, 2.24) is 14.4 Å². The van der Waals surface area contributed by atoms with Crippen molar-refractivity contribution in [3.63, 3.8) is 0 Å². The van der Waals surface area contributed by atoms with E-state index in [1.54, 1.807) is 28.8 Å². The zero-order valence-corrected chi connectivity index (χ0v) is 22.8. The monoisotopic (exact) mass is 567 g/mol. The van der Waals surface area contributed by atoms with Gasteiger partial charge in [0.25, 0.3) is 0 Å². The minimum Gasteiger partial charge on any atom is -0.372 e. The van der Waals surface area contributed by atoms with Crippen LogP contribution in [0.5, 0.6) is 0 Å². The van der Waals surface area contributed by atoms with Gasteiger partial charge in [0, 0.05) is 78.5 Å². The van der Waals surface area contributed by atoms with E-state index in [4.69, 9.17) is 5.41 Å². The average molecular weight is 568 g/mol. The van der Waals surface area contributed by atoms with Gasteiger partial charge < -0.3 is 30.2 Å². The lowest BCUT2D eigenvalue weighted by atomic mass is 9.84. The summed E-state index contributed by atoms with van der Waals surface area (Å²) in [5, 5.41) is 22.8. The first-order chi connectivity index (χ1) is 19.6. The summed E-state index contributed by atoms with van der Waals surface area (Å²) in [6, 6.07) is 16.1. The standard InChI is InChI=1S/C31H33F4N5O/c1-38-15-17-39(18-16-38)13-4-14-40-21-27(26-5-2-3-6-29(26)40)30(41,31(33,34)35)23-7-12-28(22(19-23)20-36)37-25-10-8-24(32)9-11-25/h2-3,5-12,19-21,36-37,41H,4,13-18H2,1H3. The van der Waals surface area contributed by atoms with Gasteiger partial charge in [-0.1, -0.05) is 24.3 Å². The molecule has 41 heavy (non-hydrogen) atoms. The molecule has 1 unspecified atom stereocenters. The summed E-state index contributed by atoms with van der Waals surface area (Å²) in [6.45, 7) is 5.25. The minimum absolute atomic E-state index is 0.144. The molecular weight excluding hydrogens is 534 g/mol. The van der Waals surface area contributed by atoms with Crippen molar-refractivity contribution in [1.29, 1.82) is 5.41 Å². The Morgan fingerprint density at radius 2 is 1.66 bits per heavy atom. The number of hydrogen-bond donors (Lipinski definition) is 3. The lowest BCUT2D eigenvalue weighted by molar-refractivity contribution is -0.247. The van der Waals surface area contributed by atoms with Crippen LogP contribution < -0.4 is 5.32 Å². The second-order valence-electron chi connectivity index (χ2n) is 10.5. The molecule has 1 atom stereocenters. The zero-order chi connectivity index (χ0) is 29.2. The second-order valence-corrected chi connectivity index (χ2v) is 10.5. The maximum absolute atomic E-state index is 14.9. The summed E-state index contributed by atoms with van der Waals surface area (Å²) in [6.07, 6.45) is -1.95. The SMILES string of the molecule is CN1CCN(CCCn2cc(C(O)(c3ccc(Nc4ccc(F)cc4)c(C=N)c3)C(F)(F)F)c3ccccc32)CC1. The van der Waals surface area contributed by atoms with Crippen molar-refractivity contribution in [2.45, 2.75) is 24.7 Å². The average Bonchev–Trinajstić information content (AvgIpc) is 3.33. The Morgan fingerprint density at radius 1 is 0.951 bits per heavy atom. The number of aliphatic hydroxyl groups is 1. The molecule has 4 aromatic rings. The molecule has 3 aromatic carbocycles. The van der Waals surface area contributed by atoms with Gasteiger partial charge in [0.15, 0.2) is 0 Å². The highest BCUT2D eigenvalue weighted by molar-refractivity contribution is 5.89. The van der Waals surface area contributed by atoms with Crippen LogP contribution in [0.25, 0.3) is 10.9 Å². The Kier molecular flexibility index (Phi) is 8.17. The first-order valence-corrected chi connectivity index (χ1v) is 13.6. The van der Waals surface area contributed by atoms with E-state index in [2.05, 4.69) is 22.2 Å². The molecule has 0 spiro atoms. The molecule has 5 rings (SSSR count). The van der Waals surface area contributed by atoms with Gasteiger partial charge in [0.2, 0.25) is 5.60 Å². The minimum atomic E-state index is -5.05. The normalized spacial score (nSPS) is 16.5. The Bertz CT molecular complexity index is 1510. The summed E-state index contributed by atoms with van der Waals surface area (Å²) in [7, 11) is 2.09. The van der Waals surface area contributed by atoms with Gasteiger partial charge in [-0.05, 0) is 68.0 Å². The first-order valence-electron chi connectivity index (χ1n) is 13.6. The molecule has 1 aromatic heterocycles. The van der Waals surface area contributed by atoms with Crippen molar-refractivity contribution in [3.05, 3.63) is 95.4 Å². The van der Waals surface area contributed by atoms with Crippen molar-refractivity contribution < 1.29 is 22.7 Å². The quantitative estimate of drug-likeness (QED) is 0.173. The number of nitrogens with zero attached hydrogens (tertiary/aromatic N) is 3. The van der Waals surface area contributed by atoms with Crippen molar-refractivity contribution in [2.24, 2.45) is 0 Å². The molecule has 1 aliphatic rings. The molecule has 10 heteroatoms. The lowest BCUT2D eigenvalue weighted by Gasteiger charge is -2.32. The summed E-state index contributed by atoms with van der Waals surface area (Å²) in [5.41, 5.74) is -2.35. The number of anilines is 2. The number of aryl methyl sites for hydroxylation is 1. The Hall–Kier alpha value is -3.73. The highest BCUT2D eigenvalue weighted by atomic mass is 19.4. The van der Waals surface area contributed by atoms with Crippen LogP contribution in [-0.2, 0) is 12.1 Å². The number of aromatic nitrogens is 1. The molecule has 1 saturated heterocycles. The van der Waals surface area contributed by atoms with Crippen LogP contribution in [0, 0.1) is 11.2 Å². The number of rotatable bonds is 9. The van der Waals surface area contributed by atoms with E-state index < -0.39 is 23.2 Å². The first kappa shape index (κ1) is 28.8. The van der Waals surface area contributed by atoms with Crippen LogP contribution >= 0.6 is 0 Å². The number of piperazine rings is 1. The molecule has 0 bridgehead atoms. The molecule has 1 fully saturated rings. The number of nitrogens with one attached hydrogen (secondary N) is 2. The van der Waals surface area contributed by atoms with Gasteiger partial charge in [-0.3, -0.25) is 0 Å². The van der Waals surface area contributed by atoms with Gasteiger partial charge in [-0.2, -0.15) is 13.2 Å². The number of fused-ring (bicyclic) bond motifs is 1. The van der Waals surface area contributed by atoms with E-state index in [0.29, 0.717) is 28.8 Å². The number of hydrogen-bond acceptors (Lipinski definition) is 5. The molecule has 0 aliphatic carbocycles. The third-order valence-corrected chi connectivity index (χ3v) is 7.81. The van der Waals surface area contributed by atoms with Crippen molar-refractivity contribution in [2.75, 3.05) is 45.1 Å². The van der Waals surface area contributed by atoms with Gasteiger partial charge in [-0.25, -0.2) is 4.39 Å². The van der Waals surface area contributed by atoms with E-state index >= 15 is 0 Å². The fourth-order valence-corrected chi connectivity index (χ4v) is 5.44. The molecule has 2 heterocycles. The maximum atomic E-state index is 14.9. The molecular formula is C31H33F4N5O. The molecule has 3 N–H and O–H groups in total. The van der Waals surface area contributed by atoms with E-state index in [0.717, 1.165) is 45.4 Å². The molecule has 0 amide bonds. The second kappa shape index (κ2) is 11.6. The smallest absolute Gasteiger partial charge is 0.372 e. The number of benzene rings is 3. The fraction of sp³-hybridized carbons (Fsp3) is 0.323. The van der Waals surface area contributed by atoms with Crippen LogP contribution in [0.2, 0.25) is 0 Å². The van der Waals surface area contributed by atoms with Crippen molar-refractivity contribution >= 4 is 28.5 Å². The highest BCUT2D eigenvalue weighted by Crippen LogP contribution is 2.47. The summed E-state index contributed by atoms with van der Waals surface area (Å²) < 4.78 is 59.7. The maximum Gasteiger partial charge on any atom is 0.425 e. The number of halogens is 4. The Balaban J connectivity index is 1.49. The Morgan fingerprint density at radius 3 is 2.34 bits per heavy atom. The van der Waals surface area contributed by atoms with Crippen LogP contribution in [0.3, 0.4) is 0 Å². The predicted octanol–water partition coefficient (Wildman–Crippen LogP) is 5.96. The van der Waals surface area contributed by atoms with Crippen LogP contribution in [0.15, 0.2) is 72.9 Å². The predicted molar refractivity (Wildman–Crippen MR) is 154 cm³/mol. The van der Waals surface area contributed by atoms with E-state index in [9.17, 15) is 22.7 Å². The summed E-state index contributed by atoms with van der Waals surface area (Å²) >= 11 is 0. The Labute approximate surface area is 236 Å². The van der Waals surface area contributed by atoms with Gasteiger partial charge >= 0.3 is 6.18 Å². The van der Waals surface area contributed by atoms with E-state index in [1.807, 2.05) is 0 Å². The van der Waals surface area contributed by atoms with E-state index in [1.165, 1.54) is 48.7 Å². The molecule has 6 nitrogen and oxygen atoms in total. The highest BCUT2D eigenvalue weighted by Gasteiger charge is 2.57. The summed E-state index contributed by atoms with van der Waals surface area (Å²) in [5.74, 6) is -0.424. The van der Waals surface area contributed by atoms with Gasteiger partial charge in [0.05, 0.1) is 0 Å². The fourth-order valence-electron chi connectivity index (χ4n) is 5.44. The topological polar surface area (TPSA) is 67.5 Å². The summed E-state index contributed by atoms with van der Waals surface area (Å²) in [4.78, 5) is 4.63. The van der Waals surface area contributed by atoms with Gasteiger partial charge in [0.1, 0.15) is 5.82 Å². The lowest BCUT2D eigenvalue weighted by Crippen LogP contribution is -2.44. The van der Waals surface area contributed by atoms with Gasteiger partial charge in [-0.15, -0.1) is 0 Å². The molecule has 1 aliphatic heterocycles. The van der Waals surface area contributed by atoms with Crippen LogP contribution in [0.1, 0.15) is 23.1 Å². The third kappa shape index (κ3) is 5.86. The van der Waals surface area contributed by atoms with E-state index in [-0.39, 0.29) is 11.1 Å². The molecule has 0 saturated carbocycles. The molecule has 0 radical (unpaired) electrons. The van der Waals surface area contributed by atoms with Crippen molar-refractivity contribution in [3.8, 4) is 0 Å². The zero-order valence-electron chi connectivity index (χ0n) is 22.8.